The molecule has 1 heterocycles. The Morgan fingerprint density at radius 2 is 2.36 bits per heavy atom. The molecule has 1 aromatic rings. The van der Waals surface area contributed by atoms with Crippen LogP contribution < -0.4 is 5.32 Å². The molecule has 0 fully saturated rings. The number of carbonyl (C=O) groups is 1. The molecule has 1 rings (SSSR count). The Hall–Kier alpha value is -0.970. The quantitative estimate of drug-likeness (QED) is 0.841. The fourth-order valence-electron chi connectivity index (χ4n) is 0.816. The molecule has 0 unspecified atom stereocenters. The summed E-state index contributed by atoms with van der Waals surface area (Å²) in [6.07, 6.45) is 0.811. The molecule has 1 amide bonds. The SMILES string of the molecule is CCC(C)(C)NC(=O)c1csc(F)n1. The normalized spacial score (nSPS) is 11.4. The summed E-state index contributed by atoms with van der Waals surface area (Å²) < 4.78 is 12.5. The predicted octanol–water partition coefficient (Wildman–Crippen LogP) is 2.20. The van der Waals surface area contributed by atoms with Gasteiger partial charge in [-0.1, -0.05) is 18.3 Å². The number of hydrogen-bond acceptors (Lipinski definition) is 3. The molecular formula is C9H13FN2OS. The number of amides is 1. The Labute approximate surface area is 86.4 Å². The third-order valence-corrected chi connectivity index (χ3v) is 2.67. The Balaban J connectivity index is 2.68. The molecule has 0 bridgehead atoms. The van der Waals surface area contributed by atoms with Crippen LogP contribution in [0.5, 0.6) is 0 Å². The Kier molecular flexibility index (Phi) is 3.21. The highest BCUT2D eigenvalue weighted by Crippen LogP contribution is 2.11. The zero-order valence-corrected chi connectivity index (χ0v) is 9.24. The molecule has 0 aliphatic carbocycles. The van der Waals surface area contributed by atoms with Gasteiger partial charge in [0.2, 0.25) is 0 Å². The summed E-state index contributed by atoms with van der Waals surface area (Å²) >= 11 is 0.828. The molecule has 0 radical (unpaired) electrons. The zero-order valence-electron chi connectivity index (χ0n) is 8.43. The van der Waals surface area contributed by atoms with E-state index in [1.165, 1.54) is 5.38 Å². The van der Waals surface area contributed by atoms with Crippen LogP contribution in [-0.2, 0) is 0 Å². The summed E-state index contributed by atoms with van der Waals surface area (Å²) in [5.74, 6) is -0.322. The molecule has 0 saturated heterocycles. The summed E-state index contributed by atoms with van der Waals surface area (Å²) in [6.45, 7) is 5.79. The Bertz CT molecular complexity index is 335. The summed E-state index contributed by atoms with van der Waals surface area (Å²) in [5.41, 5.74) is -0.133. The molecule has 3 nitrogen and oxygen atoms in total. The van der Waals surface area contributed by atoms with E-state index >= 15 is 0 Å². The molecule has 1 aromatic heterocycles. The van der Waals surface area contributed by atoms with Crippen LogP contribution in [0.2, 0.25) is 0 Å². The number of nitrogens with zero attached hydrogens (tertiary/aromatic N) is 1. The lowest BCUT2D eigenvalue weighted by Crippen LogP contribution is -2.42. The summed E-state index contributed by atoms with van der Waals surface area (Å²) in [7, 11) is 0. The van der Waals surface area contributed by atoms with Gasteiger partial charge in [-0.3, -0.25) is 4.79 Å². The van der Waals surface area contributed by atoms with E-state index in [1.54, 1.807) is 0 Å². The van der Waals surface area contributed by atoms with Gasteiger partial charge in [0.25, 0.3) is 11.2 Å². The fraction of sp³-hybridized carbons (Fsp3) is 0.556. The van der Waals surface area contributed by atoms with Crippen LogP contribution in [0.15, 0.2) is 5.38 Å². The lowest BCUT2D eigenvalue weighted by molar-refractivity contribution is 0.0906. The number of rotatable bonds is 3. The second-order valence-electron chi connectivity index (χ2n) is 3.68. The average Bonchev–Trinajstić information content (AvgIpc) is 2.51. The second kappa shape index (κ2) is 4.04. The Morgan fingerprint density at radius 3 is 2.79 bits per heavy atom. The smallest absolute Gasteiger partial charge is 0.271 e. The minimum atomic E-state index is -0.579. The van der Waals surface area contributed by atoms with Gasteiger partial charge in [0.1, 0.15) is 5.69 Å². The van der Waals surface area contributed by atoms with Crippen molar-refractivity contribution in [3.8, 4) is 0 Å². The van der Waals surface area contributed by atoms with E-state index in [1.807, 2.05) is 20.8 Å². The fourth-order valence-corrected chi connectivity index (χ4v) is 1.34. The largest absolute Gasteiger partial charge is 0.346 e. The van der Waals surface area contributed by atoms with Gasteiger partial charge in [0.05, 0.1) is 0 Å². The molecule has 0 aliphatic heterocycles. The molecular weight excluding hydrogens is 203 g/mol. The monoisotopic (exact) mass is 216 g/mol. The van der Waals surface area contributed by atoms with E-state index in [4.69, 9.17) is 0 Å². The summed E-state index contributed by atoms with van der Waals surface area (Å²) in [6, 6.07) is 0. The van der Waals surface area contributed by atoms with Crippen LogP contribution in [-0.4, -0.2) is 16.4 Å². The summed E-state index contributed by atoms with van der Waals surface area (Å²) in [5, 5.41) is 3.61. The average molecular weight is 216 g/mol. The highest BCUT2D eigenvalue weighted by atomic mass is 32.1. The van der Waals surface area contributed by atoms with E-state index in [0.717, 1.165) is 17.8 Å². The molecule has 5 heteroatoms. The second-order valence-corrected chi connectivity index (χ2v) is 4.49. The van der Waals surface area contributed by atoms with E-state index in [2.05, 4.69) is 10.3 Å². The van der Waals surface area contributed by atoms with Crippen molar-refractivity contribution in [1.82, 2.24) is 10.3 Å². The van der Waals surface area contributed by atoms with Crippen LogP contribution in [0.1, 0.15) is 37.7 Å². The van der Waals surface area contributed by atoms with Crippen molar-refractivity contribution in [3.05, 3.63) is 16.3 Å². The lowest BCUT2D eigenvalue weighted by Gasteiger charge is -2.23. The molecule has 0 saturated carbocycles. The number of thiazole rings is 1. The molecule has 0 spiro atoms. The first kappa shape index (κ1) is 11.1. The van der Waals surface area contributed by atoms with Crippen LogP contribution >= 0.6 is 11.3 Å². The van der Waals surface area contributed by atoms with Crippen molar-refractivity contribution >= 4 is 17.2 Å². The van der Waals surface area contributed by atoms with E-state index in [-0.39, 0.29) is 17.1 Å². The van der Waals surface area contributed by atoms with E-state index in [0.29, 0.717) is 0 Å². The van der Waals surface area contributed by atoms with Gasteiger partial charge in [-0.2, -0.15) is 4.39 Å². The predicted molar refractivity (Wildman–Crippen MR) is 53.9 cm³/mol. The highest BCUT2D eigenvalue weighted by Gasteiger charge is 2.20. The van der Waals surface area contributed by atoms with Gasteiger partial charge in [0.15, 0.2) is 0 Å². The van der Waals surface area contributed by atoms with Gasteiger partial charge in [0, 0.05) is 10.9 Å². The molecule has 1 N–H and O–H groups in total. The van der Waals surface area contributed by atoms with Gasteiger partial charge >= 0.3 is 0 Å². The highest BCUT2D eigenvalue weighted by molar-refractivity contribution is 7.08. The third-order valence-electron chi connectivity index (χ3n) is 2.04. The molecule has 0 aromatic carbocycles. The standard InChI is InChI=1S/C9H13FN2OS/c1-4-9(2,3)12-7(13)6-5-14-8(10)11-6/h5H,4H2,1-3H3,(H,12,13). The maximum atomic E-state index is 12.5. The molecule has 14 heavy (non-hydrogen) atoms. The van der Waals surface area contributed by atoms with Crippen molar-refractivity contribution in [2.45, 2.75) is 32.7 Å². The Morgan fingerprint density at radius 1 is 1.71 bits per heavy atom. The maximum Gasteiger partial charge on any atom is 0.271 e. The minimum absolute atomic E-state index is 0.147. The third kappa shape index (κ3) is 2.77. The molecule has 0 atom stereocenters. The number of aromatic nitrogens is 1. The first-order valence-electron chi connectivity index (χ1n) is 4.38. The van der Waals surface area contributed by atoms with Crippen molar-refractivity contribution in [3.63, 3.8) is 0 Å². The first-order valence-corrected chi connectivity index (χ1v) is 5.26. The van der Waals surface area contributed by atoms with Crippen molar-refractivity contribution in [1.29, 1.82) is 0 Å². The van der Waals surface area contributed by atoms with Crippen LogP contribution in [0.3, 0.4) is 0 Å². The topological polar surface area (TPSA) is 42.0 Å². The zero-order chi connectivity index (χ0) is 10.8. The minimum Gasteiger partial charge on any atom is -0.346 e. The number of halogens is 1. The summed E-state index contributed by atoms with van der Waals surface area (Å²) in [4.78, 5) is 15.0. The van der Waals surface area contributed by atoms with Crippen molar-refractivity contribution in [2.24, 2.45) is 0 Å². The van der Waals surface area contributed by atoms with Crippen LogP contribution in [0.4, 0.5) is 4.39 Å². The van der Waals surface area contributed by atoms with Gasteiger partial charge in [-0.15, -0.1) is 0 Å². The maximum absolute atomic E-state index is 12.5. The van der Waals surface area contributed by atoms with Crippen molar-refractivity contribution in [2.75, 3.05) is 0 Å². The van der Waals surface area contributed by atoms with E-state index in [9.17, 15) is 9.18 Å². The first-order chi connectivity index (χ1) is 6.44. The van der Waals surface area contributed by atoms with Gasteiger partial charge in [-0.25, -0.2) is 4.98 Å². The van der Waals surface area contributed by atoms with Crippen LogP contribution in [0, 0.1) is 5.26 Å². The molecule has 78 valence electrons. The lowest BCUT2D eigenvalue weighted by atomic mass is 10.0. The van der Waals surface area contributed by atoms with Gasteiger partial charge in [-0.05, 0) is 20.3 Å². The number of hydrogen-bond donors (Lipinski definition) is 1. The number of carbonyl (C=O) groups excluding carboxylic acids is 1. The van der Waals surface area contributed by atoms with Crippen LogP contribution in [0.25, 0.3) is 0 Å². The number of nitrogens with one attached hydrogen (secondary N) is 1. The molecule has 0 aliphatic rings. The van der Waals surface area contributed by atoms with Crippen molar-refractivity contribution < 1.29 is 9.18 Å². The van der Waals surface area contributed by atoms with E-state index < -0.39 is 5.26 Å². The van der Waals surface area contributed by atoms with Gasteiger partial charge < -0.3 is 5.32 Å².